The number of halogens is 1. The number of anilines is 1. The van der Waals surface area contributed by atoms with E-state index in [9.17, 15) is 14.7 Å². The third kappa shape index (κ3) is 3.76. The van der Waals surface area contributed by atoms with E-state index >= 15 is 4.39 Å². The molecule has 0 radical (unpaired) electrons. The minimum Gasteiger partial charge on any atom is -0.507 e. The summed E-state index contributed by atoms with van der Waals surface area (Å²) >= 11 is 1.23. The molecule has 0 saturated carbocycles. The van der Waals surface area contributed by atoms with Gasteiger partial charge in [-0.05, 0) is 61.4 Å². The Morgan fingerprint density at radius 2 is 1.86 bits per heavy atom. The molecular formula is C27H21FN2O4S. The number of fused-ring (bicyclic) bond motifs is 1. The van der Waals surface area contributed by atoms with Gasteiger partial charge in [0.1, 0.15) is 23.4 Å². The predicted octanol–water partition coefficient (Wildman–Crippen LogP) is 5.69. The van der Waals surface area contributed by atoms with Crippen molar-refractivity contribution in [3.8, 4) is 5.75 Å². The van der Waals surface area contributed by atoms with Crippen molar-refractivity contribution in [1.29, 1.82) is 0 Å². The summed E-state index contributed by atoms with van der Waals surface area (Å²) < 4.78 is 21.2. The summed E-state index contributed by atoms with van der Waals surface area (Å²) in [5, 5.41) is 11.5. The number of ketones is 1. The SMILES string of the molecule is COc1ccc(C(O)=C2C(=O)C(=O)N(c3nc4ccc(C)cc4s3)C2c2ccccc2F)cc1C. The summed E-state index contributed by atoms with van der Waals surface area (Å²) in [7, 11) is 1.53. The van der Waals surface area contributed by atoms with Gasteiger partial charge in [0.15, 0.2) is 5.13 Å². The number of ether oxygens (including phenoxy) is 1. The molecule has 8 heteroatoms. The van der Waals surface area contributed by atoms with Gasteiger partial charge in [-0.2, -0.15) is 0 Å². The van der Waals surface area contributed by atoms with Gasteiger partial charge in [-0.3, -0.25) is 14.5 Å². The lowest BCUT2D eigenvalue weighted by molar-refractivity contribution is -0.132. The number of aromatic nitrogens is 1. The van der Waals surface area contributed by atoms with Crippen LogP contribution in [0.2, 0.25) is 0 Å². The first-order valence-corrected chi connectivity index (χ1v) is 11.7. The fourth-order valence-corrected chi connectivity index (χ4v) is 5.42. The number of aryl methyl sites for hydroxylation is 2. The van der Waals surface area contributed by atoms with E-state index in [0.29, 0.717) is 16.8 Å². The highest BCUT2D eigenvalue weighted by Gasteiger charge is 2.49. The standard InChI is InChI=1S/C27H21FN2O4S/c1-14-8-10-19-21(12-14)35-27(29-19)30-23(17-6-4-5-7-18(17)28)22(25(32)26(30)33)24(31)16-9-11-20(34-3)15(2)13-16/h4-13,23,31H,1-3H3. The van der Waals surface area contributed by atoms with Crippen molar-refractivity contribution in [2.45, 2.75) is 19.9 Å². The van der Waals surface area contributed by atoms with Crippen LogP contribution in [0.25, 0.3) is 16.0 Å². The number of benzene rings is 3. The third-order valence-corrected chi connectivity index (χ3v) is 7.07. The van der Waals surface area contributed by atoms with E-state index in [4.69, 9.17) is 4.74 Å². The molecule has 176 valence electrons. The molecule has 5 rings (SSSR count). The van der Waals surface area contributed by atoms with Gasteiger partial charge in [0, 0.05) is 11.1 Å². The average molecular weight is 489 g/mol. The number of carbonyl (C=O) groups is 2. The van der Waals surface area contributed by atoms with E-state index in [2.05, 4.69) is 4.98 Å². The molecule has 2 heterocycles. The van der Waals surface area contributed by atoms with Crippen LogP contribution in [0.3, 0.4) is 0 Å². The van der Waals surface area contributed by atoms with Crippen LogP contribution in [0.1, 0.15) is 28.3 Å². The normalized spacial score (nSPS) is 17.4. The Morgan fingerprint density at radius 3 is 2.57 bits per heavy atom. The highest BCUT2D eigenvalue weighted by Crippen LogP contribution is 2.45. The number of thiazole rings is 1. The zero-order valence-corrected chi connectivity index (χ0v) is 20.0. The first-order valence-electron chi connectivity index (χ1n) is 10.9. The fourth-order valence-electron chi connectivity index (χ4n) is 4.32. The molecule has 3 aromatic carbocycles. The van der Waals surface area contributed by atoms with Crippen molar-refractivity contribution in [3.05, 3.63) is 94.3 Å². The van der Waals surface area contributed by atoms with Crippen molar-refractivity contribution >= 4 is 44.1 Å². The van der Waals surface area contributed by atoms with Crippen LogP contribution in [0.5, 0.6) is 5.75 Å². The van der Waals surface area contributed by atoms with Crippen LogP contribution in [0.15, 0.2) is 66.2 Å². The third-order valence-electron chi connectivity index (χ3n) is 6.05. The van der Waals surface area contributed by atoms with Gasteiger partial charge < -0.3 is 9.84 Å². The molecule has 1 aliphatic heterocycles. The Hall–Kier alpha value is -4.04. The number of methoxy groups -OCH3 is 1. The molecule has 1 saturated heterocycles. The van der Waals surface area contributed by atoms with Crippen LogP contribution in [-0.4, -0.2) is 28.9 Å². The van der Waals surface area contributed by atoms with Gasteiger partial charge in [-0.15, -0.1) is 0 Å². The van der Waals surface area contributed by atoms with Crippen LogP contribution in [0, 0.1) is 19.7 Å². The molecule has 1 N–H and O–H groups in total. The Kier molecular flexibility index (Phi) is 5.61. The van der Waals surface area contributed by atoms with E-state index < -0.39 is 23.5 Å². The van der Waals surface area contributed by atoms with Gasteiger partial charge in [0.25, 0.3) is 5.78 Å². The number of aliphatic hydroxyl groups is 1. The van der Waals surface area contributed by atoms with E-state index in [1.807, 2.05) is 25.1 Å². The molecule has 6 nitrogen and oxygen atoms in total. The van der Waals surface area contributed by atoms with Crippen molar-refractivity contribution < 1.29 is 23.8 Å². The van der Waals surface area contributed by atoms with Crippen LogP contribution >= 0.6 is 11.3 Å². The highest BCUT2D eigenvalue weighted by molar-refractivity contribution is 7.22. The van der Waals surface area contributed by atoms with Gasteiger partial charge in [-0.1, -0.05) is 35.6 Å². The maximum Gasteiger partial charge on any atom is 0.301 e. The van der Waals surface area contributed by atoms with Crippen LogP contribution in [-0.2, 0) is 9.59 Å². The molecule has 0 bridgehead atoms. The molecule has 1 fully saturated rings. The van der Waals surface area contributed by atoms with Crippen LogP contribution in [0.4, 0.5) is 9.52 Å². The molecule has 0 aliphatic carbocycles. The Bertz CT molecular complexity index is 1540. The zero-order chi connectivity index (χ0) is 24.9. The summed E-state index contributed by atoms with van der Waals surface area (Å²) in [6.45, 7) is 3.74. The first kappa shape index (κ1) is 22.7. The smallest absolute Gasteiger partial charge is 0.301 e. The molecule has 1 atom stereocenters. The number of amides is 1. The van der Waals surface area contributed by atoms with Gasteiger partial charge in [-0.25, -0.2) is 9.37 Å². The predicted molar refractivity (Wildman–Crippen MR) is 133 cm³/mol. The monoisotopic (exact) mass is 488 g/mol. The van der Waals surface area contributed by atoms with Crippen molar-refractivity contribution in [1.82, 2.24) is 4.98 Å². The molecule has 35 heavy (non-hydrogen) atoms. The van der Waals surface area contributed by atoms with E-state index in [1.54, 1.807) is 31.2 Å². The molecule has 1 aliphatic rings. The summed E-state index contributed by atoms with van der Waals surface area (Å²) in [6.07, 6.45) is 0. The second-order valence-electron chi connectivity index (χ2n) is 8.34. The number of Topliss-reactive ketones (excluding diaryl/α,β-unsaturated/α-hetero) is 1. The molecule has 1 unspecified atom stereocenters. The van der Waals surface area contributed by atoms with E-state index in [0.717, 1.165) is 15.8 Å². The summed E-state index contributed by atoms with van der Waals surface area (Å²) in [5.74, 6) is -2.15. The largest absolute Gasteiger partial charge is 0.507 e. The van der Waals surface area contributed by atoms with E-state index in [1.165, 1.54) is 41.5 Å². The molecule has 1 aromatic heterocycles. The van der Waals surface area contributed by atoms with Crippen molar-refractivity contribution in [2.24, 2.45) is 0 Å². The summed E-state index contributed by atoms with van der Waals surface area (Å²) in [6, 6.07) is 15.3. The van der Waals surface area contributed by atoms with Gasteiger partial charge >= 0.3 is 5.91 Å². The number of nitrogens with zero attached hydrogens (tertiary/aromatic N) is 2. The Balaban J connectivity index is 1.74. The highest BCUT2D eigenvalue weighted by atomic mass is 32.1. The van der Waals surface area contributed by atoms with Gasteiger partial charge in [0.05, 0.1) is 22.9 Å². The number of rotatable bonds is 4. The first-order chi connectivity index (χ1) is 16.8. The number of hydrogen-bond acceptors (Lipinski definition) is 6. The lowest BCUT2D eigenvalue weighted by Crippen LogP contribution is -2.29. The van der Waals surface area contributed by atoms with Crippen molar-refractivity contribution in [3.63, 3.8) is 0 Å². The number of aliphatic hydroxyl groups excluding tert-OH is 1. The quantitative estimate of drug-likeness (QED) is 0.227. The maximum absolute atomic E-state index is 15.1. The molecule has 0 spiro atoms. The van der Waals surface area contributed by atoms with E-state index in [-0.39, 0.29) is 22.0 Å². The fraction of sp³-hybridized carbons (Fsp3) is 0.148. The van der Waals surface area contributed by atoms with Crippen LogP contribution < -0.4 is 9.64 Å². The van der Waals surface area contributed by atoms with Gasteiger partial charge in [0.2, 0.25) is 0 Å². The maximum atomic E-state index is 15.1. The molecule has 4 aromatic rings. The Labute approximate surface area is 204 Å². The molecule has 1 amide bonds. The minimum absolute atomic E-state index is 0.0916. The lowest BCUT2D eigenvalue weighted by atomic mass is 9.94. The zero-order valence-electron chi connectivity index (χ0n) is 19.2. The summed E-state index contributed by atoms with van der Waals surface area (Å²) in [4.78, 5) is 32.4. The van der Waals surface area contributed by atoms with Crippen molar-refractivity contribution in [2.75, 3.05) is 12.0 Å². The minimum atomic E-state index is -1.18. The second-order valence-corrected chi connectivity index (χ2v) is 9.35. The number of carbonyl (C=O) groups excluding carboxylic acids is 2. The second kappa shape index (κ2) is 8.63. The molecular weight excluding hydrogens is 467 g/mol. The topological polar surface area (TPSA) is 79.7 Å². The number of hydrogen-bond donors (Lipinski definition) is 1. The average Bonchev–Trinajstić information content (AvgIpc) is 3.36. The lowest BCUT2D eigenvalue weighted by Gasteiger charge is -2.23. The Morgan fingerprint density at radius 1 is 1.09 bits per heavy atom. The summed E-state index contributed by atoms with van der Waals surface area (Å²) in [5.41, 5.74) is 2.64.